The highest BCUT2D eigenvalue weighted by molar-refractivity contribution is 5.96. The van der Waals surface area contributed by atoms with E-state index in [0.29, 0.717) is 29.8 Å². The van der Waals surface area contributed by atoms with E-state index in [0.717, 1.165) is 36.7 Å². The van der Waals surface area contributed by atoms with Crippen LogP contribution in [0, 0.1) is 0 Å². The molecule has 1 saturated heterocycles. The number of methoxy groups -OCH3 is 1. The van der Waals surface area contributed by atoms with Crippen LogP contribution < -0.4 is 19.8 Å². The fourth-order valence-electron chi connectivity index (χ4n) is 3.94. The zero-order valence-corrected chi connectivity index (χ0v) is 17.1. The summed E-state index contributed by atoms with van der Waals surface area (Å²) in [5.74, 6) is 1.83. The van der Waals surface area contributed by atoms with Gasteiger partial charge in [-0.2, -0.15) is 0 Å². The number of piperazine rings is 1. The van der Waals surface area contributed by atoms with Crippen LogP contribution in [0.15, 0.2) is 51.7 Å². The summed E-state index contributed by atoms with van der Waals surface area (Å²) in [6.45, 7) is 3.55. The van der Waals surface area contributed by atoms with E-state index >= 15 is 0 Å². The van der Waals surface area contributed by atoms with Gasteiger partial charge in [0.05, 0.1) is 7.11 Å². The molecule has 0 radical (unpaired) electrons. The van der Waals surface area contributed by atoms with Crippen LogP contribution >= 0.6 is 0 Å². The standard InChI is InChI=1S/C23H22N2O6/c1-28-17-4-3-16-11-18(23(27)31-20(16)12-17)22(26)25-8-6-24(7-9-25)13-15-2-5-19-21(10-15)30-14-29-19/h2-5,10-12H,6-9,13-14H2,1H3. The van der Waals surface area contributed by atoms with Gasteiger partial charge in [0.1, 0.15) is 16.9 Å². The predicted octanol–water partition coefficient (Wildman–Crippen LogP) is 2.49. The molecule has 0 atom stereocenters. The molecule has 8 heteroatoms. The molecule has 8 nitrogen and oxygen atoms in total. The molecule has 3 heterocycles. The van der Waals surface area contributed by atoms with Crippen LogP contribution in [0.3, 0.4) is 0 Å². The van der Waals surface area contributed by atoms with E-state index in [9.17, 15) is 9.59 Å². The van der Waals surface area contributed by atoms with Crippen LogP contribution in [-0.4, -0.2) is 55.8 Å². The quantitative estimate of drug-likeness (QED) is 0.598. The number of carbonyl (C=O) groups excluding carboxylic acids is 1. The smallest absolute Gasteiger partial charge is 0.349 e. The molecule has 0 bridgehead atoms. The molecule has 0 spiro atoms. The van der Waals surface area contributed by atoms with Crippen LogP contribution in [0.4, 0.5) is 0 Å². The monoisotopic (exact) mass is 422 g/mol. The van der Waals surface area contributed by atoms with E-state index < -0.39 is 5.63 Å². The number of rotatable bonds is 4. The van der Waals surface area contributed by atoms with Crippen LogP contribution in [-0.2, 0) is 6.54 Å². The number of hydrogen-bond acceptors (Lipinski definition) is 7. The van der Waals surface area contributed by atoms with E-state index in [1.54, 1.807) is 36.3 Å². The SMILES string of the molecule is COc1ccc2cc(C(=O)N3CCN(Cc4ccc5c(c4)OCO5)CC3)c(=O)oc2c1. The number of benzene rings is 2. The first kappa shape index (κ1) is 19.4. The summed E-state index contributed by atoms with van der Waals surface area (Å²) in [5, 5.41) is 0.685. The zero-order chi connectivity index (χ0) is 21.4. The molecule has 2 aliphatic rings. The molecule has 1 aromatic heterocycles. The Kier molecular flexibility index (Phi) is 4.99. The number of amides is 1. The summed E-state index contributed by atoms with van der Waals surface area (Å²) >= 11 is 0. The van der Waals surface area contributed by atoms with Gasteiger partial charge in [0.15, 0.2) is 11.5 Å². The second kappa shape index (κ2) is 7.96. The van der Waals surface area contributed by atoms with Gasteiger partial charge in [0.25, 0.3) is 5.91 Å². The molecular formula is C23H22N2O6. The van der Waals surface area contributed by atoms with E-state index in [1.807, 2.05) is 18.2 Å². The lowest BCUT2D eigenvalue weighted by molar-refractivity contribution is 0.0624. The molecule has 0 unspecified atom stereocenters. The normalized spacial score (nSPS) is 16.0. The van der Waals surface area contributed by atoms with Crippen LogP contribution in [0.25, 0.3) is 11.0 Å². The second-order valence-corrected chi connectivity index (χ2v) is 7.61. The maximum absolute atomic E-state index is 13.0. The molecule has 0 aliphatic carbocycles. The van der Waals surface area contributed by atoms with Gasteiger partial charge in [-0.25, -0.2) is 4.79 Å². The van der Waals surface area contributed by atoms with Gasteiger partial charge in [-0.15, -0.1) is 0 Å². The molecule has 2 aliphatic heterocycles. The summed E-state index contributed by atoms with van der Waals surface area (Å²) in [6, 6.07) is 12.7. The number of ether oxygens (including phenoxy) is 3. The third-order valence-electron chi connectivity index (χ3n) is 5.68. The summed E-state index contributed by atoms with van der Waals surface area (Å²) in [7, 11) is 1.54. The Morgan fingerprint density at radius 2 is 1.81 bits per heavy atom. The lowest BCUT2D eigenvalue weighted by atomic mass is 10.1. The second-order valence-electron chi connectivity index (χ2n) is 7.61. The molecule has 0 N–H and O–H groups in total. The van der Waals surface area contributed by atoms with Gasteiger partial charge >= 0.3 is 5.63 Å². The molecule has 1 amide bonds. The van der Waals surface area contributed by atoms with Crippen LogP contribution in [0.1, 0.15) is 15.9 Å². The fraction of sp³-hybridized carbons (Fsp3) is 0.304. The third kappa shape index (κ3) is 3.82. The molecule has 3 aromatic rings. The molecule has 1 fully saturated rings. The fourth-order valence-corrected chi connectivity index (χ4v) is 3.94. The summed E-state index contributed by atoms with van der Waals surface area (Å²) < 4.78 is 21.3. The van der Waals surface area contributed by atoms with Crippen molar-refractivity contribution in [3.8, 4) is 17.2 Å². The number of fused-ring (bicyclic) bond motifs is 2. The van der Waals surface area contributed by atoms with E-state index in [2.05, 4.69) is 4.90 Å². The zero-order valence-electron chi connectivity index (χ0n) is 17.1. The van der Waals surface area contributed by atoms with E-state index in [1.165, 1.54) is 0 Å². The topological polar surface area (TPSA) is 81.5 Å². The number of nitrogens with zero attached hydrogens (tertiary/aromatic N) is 2. The summed E-state index contributed by atoms with van der Waals surface area (Å²) in [6.07, 6.45) is 0. The highest BCUT2D eigenvalue weighted by Gasteiger charge is 2.25. The molecule has 31 heavy (non-hydrogen) atoms. The maximum atomic E-state index is 13.0. The van der Waals surface area contributed by atoms with Crippen molar-refractivity contribution in [2.24, 2.45) is 0 Å². The Bertz CT molecular complexity index is 1200. The lowest BCUT2D eigenvalue weighted by Gasteiger charge is -2.34. The Hall–Kier alpha value is -3.52. The van der Waals surface area contributed by atoms with Crippen LogP contribution in [0.2, 0.25) is 0 Å². The van der Waals surface area contributed by atoms with Gasteiger partial charge in [-0.05, 0) is 35.9 Å². The van der Waals surface area contributed by atoms with Crippen molar-refractivity contribution >= 4 is 16.9 Å². The average Bonchev–Trinajstić information content (AvgIpc) is 3.26. The van der Waals surface area contributed by atoms with Gasteiger partial charge < -0.3 is 23.5 Å². The predicted molar refractivity (Wildman–Crippen MR) is 113 cm³/mol. The van der Waals surface area contributed by atoms with Gasteiger partial charge in [-0.1, -0.05) is 6.07 Å². The largest absolute Gasteiger partial charge is 0.497 e. The first-order chi connectivity index (χ1) is 15.1. The molecule has 160 valence electrons. The van der Waals surface area contributed by atoms with E-state index in [-0.39, 0.29) is 18.3 Å². The van der Waals surface area contributed by atoms with Crippen molar-refractivity contribution in [3.05, 3.63) is 64.0 Å². The molecule has 0 saturated carbocycles. The first-order valence-corrected chi connectivity index (χ1v) is 10.1. The maximum Gasteiger partial charge on any atom is 0.349 e. The van der Waals surface area contributed by atoms with Crippen molar-refractivity contribution in [3.63, 3.8) is 0 Å². The highest BCUT2D eigenvalue weighted by atomic mass is 16.7. The number of hydrogen-bond donors (Lipinski definition) is 0. The van der Waals surface area contributed by atoms with Crippen molar-refractivity contribution in [2.75, 3.05) is 40.1 Å². The number of carbonyl (C=O) groups is 1. The average molecular weight is 422 g/mol. The molecule has 2 aromatic carbocycles. The Labute approximate surface area is 178 Å². The Morgan fingerprint density at radius 1 is 1.00 bits per heavy atom. The third-order valence-corrected chi connectivity index (χ3v) is 5.68. The minimum absolute atomic E-state index is 0.0573. The lowest BCUT2D eigenvalue weighted by Crippen LogP contribution is -2.49. The van der Waals surface area contributed by atoms with Crippen molar-refractivity contribution in [1.82, 2.24) is 9.80 Å². The van der Waals surface area contributed by atoms with E-state index in [4.69, 9.17) is 18.6 Å². The Morgan fingerprint density at radius 3 is 2.61 bits per heavy atom. The highest BCUT2D eigenvalue weighted by Crippen LogP contribution is 2.33. The summed E-state index contributed by atoms with van der Waals surface area (Å²) in [5.41, 5.74) is 0.958. The van der Waals surface area contributed by atoms with Crippen molar-refractivity contribution in [2.45, 2.75) is 6.54 Å². The Balaban J connectivity index is 1.25. The molecule has 5 rings (SSSR count). The van der Waals surface area contributed by atoms with Gasteiger partial charge in [0, 0.05) is 44.2 Å². The summed E-state index contributed by atoms with van der Waals surface area (Å²) in [4.78, 5) is 29.4. The minimum atomic E-state index is -0.631. The van der Waals surface area contributed by atoms with Crippen molar-refractivity contribution in [1.29, 1.82) is 0 Å². The van der Waals surface area contributed by atoms with Crippen LogP contribution in [0.5, 0.6) is 17.2 Å². The molecular weight excluding hydrogens is 400 g/mol. The van der Waals surface area contributed by atoms with Gasteiger partial charge in [0.2, 0.25) is 6.79 Å². The minimum Gasteiger partial charge on any atom is -0.497 e. The first-order valence-electron chi connectivity index (χ1n) is 10.1. The van der Waals surface area contributed by atoms with Gasteiger partial charge in [-0.3, -0.25) is 9.69 Å². The van der Waals surface area contributed by atoms with Crippen molar-refractivity contribution < 1.29 is 23.4 Å².